The number of amides is 1. The summed E-state index contributed by atoms with van der Waals surface area (Å²) in [5, 5.41) is 7.40. The number of para-hydroxylation sites is 1. The van der Waals surface area contributed by atoms with Gasteiger partial charge in [0.2, 0.25) is 5.43 Å². The Balaban J connectivity index is 1.66. The summed E-state index contributed by atoms with van der Waals surface area (Å²) in [6, 6.07) is 20.8. The highest BCUT2D eigenvalue weighted by Gasteiger charge is 2.34. The number of carbonyl (C=O) groups excluding carboxylic acids is 1. The van der Waals surface area contributed by atoms with Gasteiger partial charge in [0.15, 0.2) is 5.69 Å². The van der Waals surface area contributed by atoms with Gasteiger partial charge in [-0.1, -0.05) is 48.5 Å². The quantitative estimate of drug-likeness (QED) is 0.759. The zero-order valence-corrected chi connectivity index (χ0v) is 15.1. The lowest BCUT2D eigenvalue weighted by Gasteiger charge is -2.19. The van der Waals surface area contributed by atoms with Crippen LogP contribution in [0.5, 0.6) is 0 Å². The molecule has 1 unspecified atom stereocenters. The standard InChI is InChI=1S/C22H21N3O2/c1-15-14-19(26)21(24-25(15)18-10-6-3-7-11-18)22(27)23-20(17-12-13-17)16-8-4-2-5-9-16/h2-11,14,17,20H,12-13H2,1H3,(H,23,27). The second-order valence-corrected chi connectivity index (χ2v) is 6.95. The molecule has 1 N–H and O–H groups in total. The zero-order chi connectivity index (χ0) is 18.8. The molecule has 0 spiro atoms. The monoisotopic (exact) mass is 359 g/mol. The molecule has 1 fully saturated rings. The lowest BCUT2D eigenvalue weighted by molar-refractivity contribution is 0.0923. The summed E-state index contributed by atoms with van der Waals surface area (Å²) in [6.07, 6.45) is 2.16. The maximum absolute atomic E-state index is 12.9. The Kier molecular flexibility index (Phi) is 4.59. The van der Waals surface area contributed by atoms with Crippen molar-refractivity contribution in [1.29, 1.82) is 0 Å². The Bertz CT molecular complexity index is 1010. The minimum Gasteiger partial charge on any atom is -0.343 e. The normalized spacial score (nSPS) is 14.6. The second-order valence-electron chi connectivity index (χ2n) is 6.95. The van der Waals surface area contributed by atoms with Crippen LogP contribution in [0.4, 0.5) is 0 Å². The van der Waals surface area contributed by atoms with E-state index in [2.05, 4.69) is 10.4 Å². The highest BCUT2D eigenvalue weighted by atomic mass is 16.2. The fourth-order valence-corrected chi connectivity index (χ4v) is 3.31. The number of carbonyl (C=O) groups is 1. The molecule has 3 aromatic rings. The van der Waals surface area contributed by atoms with Crippen molar-refractivity contribution in [3.8, 4) is 5.69 Å². The molecule has 1 aliphatic rings. The van der Waals surface area contributed by atoms with Gasteiger partial charge in [-0.15, -0.1) is 0 Å². The maximum Gasteiger partial charge on any atom is 0.276 e. The van der Waals surface area contributed by atoms with Crippen LogP contribution in [0.3, 0.4) is 0 Å². The molecule has 1 heterocycles. The van der Waals surface area contributed by atoms with Gasteiger partial charge in [0, 0.05) is 11.8 Å². The number of benzene rings is 2. The number of aromatic nitrogens is 2. The molecule has 1 aromatic heterocycles. The van der Waals surface area contributed by atoms with Crippen LogP contribution in [0.2, 0.25) is 0 Å². The van der Waals surface area contributed by atoms with Crippen LogP contribution in [0.25, 0.3) is 5.69 Å². The number of hydrogen-bond acceptors (Lipinski definition) is 3. The van der Waals surface area contributed by atoms with Crippen LogP contribution >= 0.6 is 0 Å². The SMILES string of the molecule is Cc1cc(=O)c(C(=O)NC(c2ccccc2)C2CC2)nn1-c1ccccc1. The van der Waals surface area contributed by atoms with Gasteiger partial charge < -0.3 is 5.32 Å². The molecule has 4 rings (SSSR count). The predicted octanol–water partition coefficient (Wildman–Crippen LogP) is 3.42. The van der Waals surface area contributed by atoms with Gasteiger partial charge in [0.25, 0.3) is 5.91 Å². The van der Waals surface area contributed by atoms with E-state index < -0.39 is 5.91 Å². The summed E-state index contributed by atoms with van der Waals surface area (Å²) in [6.45, 7) is 1.81. The van der Waals surface area contributed by atoms with E-state index >= 15 is 0 Å². The first-order valence-electron chi connectivity index (χ1n) is 9.15. The lowest BCUT2D eigenvalue weighted by Crippen LogP contribution is -2.35. The van der Waals surface area contributed by atoms with Crippen molar-refractivity contribution >= 4 is 5.91 Å². The first-order chi connectivity index (χ1) is 13.1. The minimum absolute atomic E-state index is 0.0777. The van der Waals surface area contributed by atoms with E-state index in [0.717, 1.165) is 24.1 Å². The average Bonchev–Trinajstić information content (AvgIpc) is 3.52. The Labute approximate surface area is 157 Å². The molecule has 0 saturated heterocycles. The molecule has 1 amide bonds. The number of hydrogen-bond donors (Lipinski definition) is 1. The van der Waals surface area contributed by atoms with Gasteiger partial charge in [0.05, 0.1) is 11.7 Å². The van der Waals surface area contributed by atoms with Crippen LogP contribution in [0.15, 0.2) is 71.5 Å². The van der Waals surface area contributed by atoms with Crippen LogP contribution in [-0.4, -0.2) is 15.7 Å². The summed E-state index contributed by atoms with van der Waals surface area (Å²) in [4.78, 5) is 25.3. The van der Waals surface area contributed by atoms with E-state index in [0.29, 0.717) is 11.6 Å². The zero-order valence-electron chi connectivity index (χ0n) is 15.1. The predicted molar refractivity (Wildman–Crippen MR) is 104 cm³/mol. The third kappa shape index (κ3) is 3.67. The molecule has 1 saturated carbocycles. The molecule has 5 nitrogen and oxygen atoms in total. The number of rotatable bonds is 5. The summed E-state index contributed by atoms with van der Waals surface area (Å²) in [7, 11) is 0. The van der Waals surface area contributed by atoms with E-state index in [1.165, 1.54) is 6.07 Å². The largest absolute Gasteiger partial charge is 0.343 e. The summed E-state index contributed by atoms with van der Waals surface area (Å²) >= 11 is 0. The molecule has 1 aliphatic carbocycles. The third-order valence-electron chi connectivity index (χ3n) is 4.86. The molecular formula is C22H21N3O2. The van der Waals surface area contributed by atoms with Crippen LogP contribution < -0.4 is 10.7 Å². The van der Waals surface area contributed by atoms with Crippen LogP contribution in [0.1, 0.15) is 40.6 Å². The number of nitrogens with zero attached hydrogens (tertiary/aromatic N) is 2. The molecule has 2 aromatic carbocycles. The molecule has 0 radical (unpaired) electrons. The highest BCUT2D eigenvalue weighted by molar-refractivity contribution is 5.92. The van der Waals surface area contributed by atoms with Crippen LogP contribution in [0, 0.1) is 12.8 Å². The molecule has 0 aliphatic heterocycles. The fraction of sp³-hybridized carbons (Fsp3) is 0.227. The second kappa shape index (κ2) is 7.19. The Morgan fingerprint density at radius 3 is 2.33 bits per heavy atom. The molecule has 136 valence electrons. The third-order valence-corrected chi connectivity index (χ3v) is 4.86. The van der Waals surface area contributed by atoms with Gasteiger partial charge in [-0.25, -0.2) is 4.68 Å². The molecular weight excluding hydrogens is 338 g/mol. The van der Waals surface area contributed by atoms with E-state index in [-0.39, 0.29) is 17.2 Å². The van der Waals surface area contributed by atoms with E-state index in [9.17, 15) is 9.59 Å². The highest BCUT2D eigenvalue weighted by Crippen LogP contribution is 2.41. The average molecular weight is 359 g/mol. The minimum atomic E-state index is -0.426. The van der Waals surface area contributed by atoms with Crippen molar-refractivity contribution < 1.29 is 4.79 Å². The van der Waals surface area contributed by atoms with E-state index in [1.54, 1.807) is 11.6 Å². The van der Waals surface area contributed by atoms with Crippen molar-refractivity contribution in [2.75, 3.05) is 0 Å². The number of aryl methyl sites for hydroxylation is 1. The van der Waals surface area contributed by atoms with Gasteiger partial charge in [-0.05, 0) is 43.4 Å². The Hall–Kier alpha value is -3.21. The van der Waals surface area contributed by atoms with Crippen molar-refractivity contribution in [2.24, 2.45) is 5.92 Å². The van der Waals surface area contributed by atoms with Gasteiger partial charge in [-0.3, -0.25) is 9.59 Å². The van der Waals surface area contributed by atoms with E-state index in [1.807, 2.05) is 60.7 Å². The first kappa shape index (κ1) is 17.2. The van der Waals surface area contributed by atoms with E-state index in [4.69, 9.17) is 0 Å². The Morgan fingerprint density at radius 2 is 1.70 bits per heavy atom. The lowest BCUT2D eigenvalue weighted by atomic mass is 10.0. The summed E-state index contributed by atoms with van der Waals surface area (Å²) < 4.78 is 1.63. The van der Waals surface area contributed by atoms with Gasteiger partial charge in [-0.2, -0.15) is 5.10 Å². The molecule has 27 heavy (non-hydrogen) atoms. The molecule has 0 bridgehead atoms. The molecule has 1 atom stereocenters. The molecule has 5 heteroatoms. The van der Waals surface area contributed by atoms with Crippen molar-refractivity contribution in [1.82, 2.24) is 15.1 Å². The van der Waals surface area contributed by atoms with Gasteiger partial charge in [0.1, 0.15) is 0 Å². The van der Waals surface area contributed by atoms with Crippen LogP contribution in [-0.2, 0) is 0 Å². The fourth-order valence-electron chi connectivity index (χ4n) is 3.31. The number of nitrogens with one attached hydrogen (secondary N) is 1. The van der Waals surface area contributed by atoms with Gasteiger partial charge >= 0.3 is 0 Å². The summed E-state index contributed by atoms with van der Waals surface area (Å²) in [5.74, 6) is -0.0106. The smallest absolute Gasteiger partial charge is 0.276 e. The topological polar surface area (TPSA) is 64.0 Å². The van der Waals surface area contributed by atoms with Crippen molar-refractivity contribution in [2.45, 2.75) is 25.8 Å². The van der Waals surface area contributed by atoms with Crippen molar-refractivity contribution in [3.05, 3.63) is 93.9 Å². The maximum atomic E-state index is 12.9. The first-order valence-corrected chi connectivity index (χ1v) is 9.15. The van der Waals surface area contributed by atoms with Crippen molar-refractivity contribution in [3.63, 3.8) is 0 Å². The Morgan fingerprint density at radius 1 is 1.07 bits per heavy atom. The summed E-state index contributed by atoms with van der Waals surface area (Å²) in [5.41, 5.74) is 2.12.